The summed E-state index contributed by atoms with van der Waals surface area (Å²) in [6.45, 7) is 4.42. The van der Waals surface area contributed by atoms with Gasteiger partial charge in [-0.15, -0.1) is 0 Å². The number of phosphoric acid groups is 1. The summed E-state index contributed by atoms with van der Waals surface area (Å²) in [5.41, 5.74) is 0. The van der Waals surface area contributed by atoms with Gasteiger partial charge in [0, 0.05) is 6.42 Å². The number of aliphatic hydroxyl groups excluding tert-OH is 1. The van der Waals surface area contributed by atoms with Crippen LogP contribution in [-0.2, 0) is 18.4 Å². The topological polar surface area (TPSA) is 108 Å². The maximum Gasteiger partial charge on any atom is 0.268 e. The van der Waals surface area contributed by atoms with Gasteiger partial charge in [-0.05, 0) is 77.0 Å². The standard InChI is InChI=1S/C56H99N2O6P/c1-6-8-10-12-14-16-17-18-19-20-21-22-23-24-25-26-27-28-29-30-31-32-33-34-35-36-37-38-39-40-41-42-44-46-48-50-56(60)57-54(53-64-65(61,62)63-52-51-58(3,4)5)55(59)49-47-45-43-15-13-11-9-7-2/h8,10,13-16,18-19,21-22,24-25,27-28,47,49,54-55,59H,6-7,9,11-12,17,20,23,26,29-46,48,50-53H2,1-5H3,(H-,57,60,61,62)/b10-8-,15-13+,16-14-,19-18-,22-21-,25-24-,28-27-,49-47+. The number of carbonyl (C=O) groups excluding carboxylic acids is 1. The molecule has 0 aromatic rings. The number of unbranched alkanes of at least 4 members (excludes halogenated alkanes) is 19. The lowest BCUT2D eigenvalue weighted by Crippen LogP contribution is -2.45. The van der Waals surface area contributed by atoms with Gasteiger partial charge in [0.1, 0.15) is 13.2 Å². The van der Waals surface area contributed by atoms with E-state index in [1.165, 1.54) is 103 Å². The highest BCUT2D eigenvalue weighted by molar-refractivity contribution is 7.45. The van der Waals surface area contributed by atoms with Gasteiger partial charge in [0.05, 0.1) is 39.9 Å². The molecule has 8 nitrogen and oxygen atoms in total. The minimum Gasteiger partial charge on any atom is -0.756 e. The number of hydrogen-bond acceptors (Lipinski definition) is 6. The Bertz CT molecular complexity index is 1370. The van der Waals surface area contributed by atoms with Gasteiger partial charge in [0.2, 0.25) is 5.91 Å². The van der Waals surface area contributed by atoms with E-state index in [4.69, 9.17) is 9.05 Å². The van der Waals surface area contributed by atoms with Crippen LogP contribution in [0.4, 0.5) is 0 Å². The van der Waals surface area contributed by atoms with Crippen molar-refractivity contribution in [3.05, 3.63) is 97.2 Å². The molecule has 0 bridgehead atoms. The first-order chi connectivity index (χ1) is 31.5. The molecule has 3 atom stereocenters. The van der Waals surface area contributed by atoms with E-state index >= 15 is 0 Å². The van der Waals surface area contributed by atoms with Gasteiger partial charge >= 0.3 is 0 Å². The Morgan fingerprint density at radius 1 is 0.554 bits per heavy atom. The predicted molar refractivity (Wildman–Crippen MR) is 279 cm³/mol. The first-order valence-electron chi connectivity index (χ1n) is 26.1. The Morgan fingerprint density at radius 3 is 1.43 bits per heavy atom. The summed E-state index contributed by atoms with van der Waals surface area (Å²) in [4.78, 5) is 25.3. The third-order valence-corrected chi connectivity index (χ3v) is 12.0. The fourth-order valence-electron chi connectivity index (χ4n) is 6.92. The van der Waals surface area contributed by atoms with Crippen molar-refractivity contribution in [2.75, 3.05) is 40.9 Å². The first kappa shape index (κ1) is 62.4. The molecule has 0 radical (unpaired) electrons. The molecule has 0 aliphatic carbocycles. The number of phosphoric ester groups is 1. The van der Waals surface area contributed by atoms with Gasteiger partial charge in [-0.3, -0.25) is 9.36 Å². The molecule has 0 aromatic carbocycles. The van der Waals surface area contributed by atoms with Crippen LogP contribution < -0.4 is 10.2 Å². The molecule has 0 rings (SSSR count). The number of hydrogen-bond donors (Lipinski definition) is 2. The van der Waals surface area contributed by atoms with E-state index in [0.717, 1.165) is 77.0 Å². The van der Waals surface area contributed by atoms with Crippen molar-refractivity contribution in [3.8, 4) is 0 Å². The van der Waals surface area contributed by atoms with Gasteiger partial charge < -0.3 is 28.8 Å². The molecule has 2 N–H and O–H groups in total. The van der Waals surface area contributed by atoms with Crippen LogP contribution in [0, 0.1) is 0 Å². The Kier molecular flexibility index (Phi) is 44.7. The second-order valence-electron chi connectivity index (χ2n) is 18.5. The Hall–Kier alpha value is -2.58. The molecule has 0 aliphatic heterocycles. The zero-order valence-electron chi connectivity index (χ0n) is 42.4. The minimum atomic E-state index is -4.59. The molecule has 0 fully saturated rings. The van der Waals surface area contributed by atoms with Crippen LogP contribution in [0.2, 0.25) is 0 Å². The van der Waals surface area contributed by atoms with Crippen LogP contribution in [0.5, 0.6) is 0 Å². The number of aliphatic hydroxyl groups is 1. The summed E-state index contributed by atoms with van der Waals surface area (Å²) in [6, 6.07) is -0.904. The molecule has 9 heteroatoms. The summed E-state index contributed by atoms with van der Waals surface area (Å²) >= 11 is 0. The third kappa shape index (κ3) is 49.2. The van der Waals surface area contributed by atoms with E-state index in [1.54, 1.807) is 6.08 Å². The lowest BCUT2D eigenvalue weighted by atomic mass is 10.0. The number of rotatable bonds is 46. The molecule has 0 saturated heterocycles. The molecule has 0 aliphatic rings. The van der Waals surface area contributed by atoms with Crippen molar-refractivity contribution in [2.24, 2.45) is 0 Å². The Balaban J connectivity index is 3.96. The zero-order valence-corrected chi connectivity index (χ0v) is 43.3. The van der Waals surface area contributed by atoms with E-state index in [1.807, 2.05) is 27.2 Å². The molecule has 0 saturated carbocycles. The highest BCUT2D eigenvalue weighted by atomic mass is 31.2. The Labute approximate surface area is 400 Å². The van der Waals surface area contributed by atoms with Crippen LogP contribution in [0.15, 0.2) is 97.2 Å². The van der Waals surface area contributed by atoms with Crippen LogP contribution in [0.1, 0.15) is 200 Å². The SMILES string of the molecule is CC/C=C\C/C=C\C/C=C\C/C=C\C/C=C\C/C=C\CCCCCCCCCCCCCCCCCCC(=O)NC(COP(=O)([O-])OCC[N+](C)(C)C)C(O)/C=C/CC/C=C/CCCC. The number of amides is 1. The van der Waals surface area contributed by atoms with Gasteiger partial charge in [0.15, 0.2) is 0 Å². The first-order valence-corrected chi connectivity index (χ1v) is 27.6. The average Bonchev–Trinajstić information content (AvgIpc) is 3.26. The molecular weight excluding hydrogens is 828 g/mol. The number of nitrogens with one attached hydrogen (secondary N) is 1. The van der Waals surface area contributed by atoms with Crippen molar-refractivity contribution < 1.29 is 32.9 Å². The second-order valence-corrected chi connectivity index (χ2v) is 19.9. The van der Waals surface area contributed by atoms with E-state index in [2.05, 4.69) is 104 Å². The molecular formula is C56H99N2O6P. The van der Waals surface area contributed by atoms with Crippen LogP contribution in [0.25, 0.3) is 0 Å². The fourth-order valence-corrected chi connectivity index (χ4v) is 7.65. The zero-order chi connectivity index (χ0) is 47.8. The summed E-state index contributed by atoms with van der Waals surface area (Å²) in [5, 5.41) is 13.7. The minimum absolute atomic E-state index is 0.00992. The van der Waals surface area contributed by atoms with Gasteiger partial charge in [-0.2, -0.15) is 0 Å². The highest BCUT2D eigenvalue weighted by Gasteiger charge is 2.23. The summed E-state index contributed by atoms with van der Waals surface area (Å²) in [6.07, 6.45) is 66.5. The Morgan fingerprint density at radius 2 is 0.954 bits per heavy atom. The number of nitrogens with zero attached hydrogens (tertiary/aromatic N) is 1. The maximum atomic E-state index is 12.8. The molecule has 1 amide bonds. The van der Waals surface area contributed by atoms with E-state index < -0.39 is 26.6 Å². The molecule has 0 aromatic heterocycles. The normalized spacial score (nSPS) is 14.9. The quantitative estimate of drug-likeness (QED) is 0.0272. The van der Waals surface area contributed by atoms with E-state index in [0.29, 0.717) is 17.4 Å². The number of allylic oxidation sites excluding steroid dienone is 15. The predicted octanol–water partition coefficient (Wildman–Crippen LogP) is 14.8. The lowest BCUT2D eigenvalue weighted by Gasteiger charge is -2.29. The summed E-state index contributed by atoms with van der Waals surface area (Å²) in [5.74, 6) is -0.214. The van der Waals surface area contributed by atoms with Gasteiger partial charge in [0.25, 0.3) is 7.82 Å². The summed E-state index contributed by atoms with van der Waals surface area (Å²) < 4.78 is 23.1. The number of carbonyl (C=O) groups is 1. The van der Waals surface area contributed by atoms with Crippen molar-refractivity contribution >= 4 is 13.7 Å². The molecule has 374 valence electrons. The summed E-state index contributed by atoms with van der Waals surface area (Å²) in [7, 11) is 1.23. The fraction of sp³-hybridized carbons (Fsp3) is 0.696. The van der Waals surface area contributed by atoms with E-state index in [9.17, 15) is 19.4 Å². The monoisotopic (exact) mass is 927 g/mol. The maximum absolute atomic E-state index is 12.8. The van der Waals surface area contributed by atoms with Crippen LogP contribution in [0.3, 0.4) is 0 Å². The van der Waals surface area contributed by atoms with Crippen molar-refractivity contribution in [1.29, 1.82) is 0 Å². The molecule has 3 unspecified atom stereocenters. The van der Waals surface area contributed by atoms with Gasteiger partial charge in [-0.1, -0.05) is 214 Å². The van der Waals surface area contributed by atoms with Crippen LogP contribution >= 0.6 is 7.82 Å². The van der Waals surface area contributed by atoms with Gasteiger partial charge in [-0.25, -0.2) is 0 Å². The lowest BCUT2D eigenvalue weighted by molar-refractivity contribution is -0.870. The van der Waals surface area contributed by atoms with Crippen LogP contribution in [-0.4, -0.2) is 68.5 Å². The van der Waals surface area contributed by atoms with Crippen molar-refractivity contribution in [1.82, 2.24) is 5.32 Å². The molecule has 0 heterocycles. The average molecular weight is 927 g/mol. The number of likely N-dealkylation sites (N-methyl/N-ethyl adjacent to an activating group) is 1. The van der Waals surface area contributed by atoms with Crippen molar-refractivity contribution in [2.45, 2.75) is 212 Å². The van der Waals surface area contributed by atoms with Crippen molar-refractivity contribution in [3.63, 3.8) is 0 Å². The largest absolute Gasteiger partial charge is 0.756 e. The van der Waals surface area contributed by atoms with E-state index in [-0.39, 0.29) is 12.5 Å². The number of quaternary nitrogens is 1. The third-order valence-electron chi connectivity index (χ3n) is 11.0. The molecule has 0 spiro atoms. The molecule has 65 heavy (non-hydrogen) atoms. The highest BCUT2D eigenvalue weighted by Crippen LogP contribution is 2.38. The second kappa shape index (κ2) is 46.5. The smallest absolute Gasteiger partial charge is 0.268 e.